The summed E-state index contributed by atoms with van der Waals surface area (Å²) in [7, 11) is 1.97. The molecule has 1 aromatic heterocycles. The highest BCUT2D eigenvalue weighted by Gasteiger charge is 2.23. The molecule has 224 valence electrons. The summed E-state index contributed by atoms with van der Waals surface area (Å²) in [5.74, 6) is 1.25. The summed E-state index contributed by atoms with van der Waals surface area (Å²) in [6.45, 7) is 5.51. The van der Waals surface area contributed by atoms with Gasteiger partial charge in [-0.3, -0.25) is 14.6 Å². The Hall–Kier alpha value is -4.70. The first kappa shape index (κ1) is 29.8. The van der Waals surface area contributed by atoms with Crippen LogP contribution in [0, 0.1) is 0 Å². The van der Waals surface area contributed by atoms with Crippen LogP contribution in [-0.4, -0.2) is 53.0 Å². The average Bonchev–Trinajstić information content (AvgIpc) is 3.70. The first-order chi connectivity index (χ1) is 21.0. The van der Waals surface area contributed by atoms with E-state index in [-0.39, 0.29) is 17.9 Å². The molecule has 2 atom stereocenters. The van der Waals surface area contributed by atoms with Crippen LogP contribution in [0.15, 0.2) is 84.1 Å². The van der Waals surface area contributed by atoms with Crippen molar-refractivity contribution in [3.8, 4) is 0 Å². The van der Waals surface area contributed by atoms with E-state index in [0.717, 1.165) is 46.8 Å². The maximum atomic E-state index is 13.6. The molecule has 1 aliphatic rings. The number of nitrogens with zero attached hydrogens (tertiary/aromatic N) is 3. The number of aryl methyl sites for hydroxylation is 1. The first-order valence-electron chi connectivity index (χ1n) is 14.8. The zero-order valence-corrected chi connectivity index (χ0v) is 24.8. The highest BCUT2D eigenvalue weighted by molar-refractivity contribution is 5.97. The van der Waals surface area contributed by atoms with E-state index in [4.69, 9.17) is 0 Å². The molecule has 0 fully saturated rings. The molecule has 2 amide bonds. The van der Waals surface area contributed by atoms with Crippen LogP contribution >= 0.6 is 0 Å². The van der Waals surface area contributed by atoms with Crippen molar-refractivity contribution in [1.82, 2.24) is 36.1 Å². The number of guanidine groups is 1. The maximum absolute atomic E-state index is 13.6. The fraction of sp³-hybridized carbons (Fsp3) is 0.333. The minimum atomic E-state index is -0.690. The van der Waals surface area contributed by atoms with Crippen molar-refractivity contribution >= 4 is 28.5 Å². The van der Waals surface area contributed by atoms with Gasteiger partial charge in [-0.05, 0) is 53.8 Å². The number of hydrogen-bond acceptors (Lipinski definition) is 7. The van der Waals surface area contributed by atoms with E-state index in [1.807, 2.05) is 61.1 Å². The fourth-order valence-corrected chi connectivity index (χ4v) is 5.22. The van der Waals surface area contributed by atoms with E-state index < -0.39 is 6.04 Å². The number of aliphatic imine (C=N–C) groups is 1. The summed E-state index contributed by atoms with van der Waals surface area (Å²) in [5, 5.41) is 18.2. The Labute approximate surface area is 252 Å². The van der Waals surface area contributed by atoms with Gasteiger partial charge in [-0.2, -0.15) is 0 Å². The Morgan fingerprint density at radius 1 is 1.00 bits per heavy atom. The van der Waals surface area contributed by atoms with E-state index in [1.54, 1.807) is 18.3 Å². The Balaban J connectivity index is 1.21. The van der Waals surface area contributed by atoms with Gasteiger partial charge >= 0.3 is 0 Å². The SMILES string of the molecule is C[C@H](NC(=O)[C@H](CCCNC1=NCCN1)NC(=O)c1ccc(CNCc2nccn2C)cc1)c1cccc2ccccc12. The van der Waals surface area contributed by atoms with Gasteiger partial charge < -0.3 is 31.2 Å². The second-order valence-corrected chi connectivity index (χ2v) is 10.8. The van der Waals surface area contributed by atoms with Crippen LogP contribution in [0.5, 0.6) is 0 Å². The predicted molar refractivity (Wildman–Crippen MR) is 169 cm³/mol. The highest BCUT2D eigenvalue weighted by Crippen LogP contribution is 2.24. The smallest absolute Gasteiger partial charge is 0.251 e. The molecule has 3 aromatic carbocycles. The number of rotatable bonds is 13. The quantitative estimate of drug-likeness (QED) is 0.155. The summed E-state index contributed by atoms with van der Waals surface area (Å²) in [4.78, 5) is 35.5. The molecule has 5 N–H and O–H groups in total. The van der Waals surface area contributed by atoms with Crippen LogP contribution in [0.1, 0.15) is 53.1 Å². The Bertz CT molecular complexity index is 1560. The first-order valence-corrected chi connectivity index (χ1v) is 14.8. The summed E-state index contributed by atoms with van der Waals surface area (Å²) in [6, 6.07) is 20.8. The molecular weight excluding hydrogens is 540 g/mol. The fourth-order valence-electron chi connectivity index (χ4n) is 5.22. The van der Waals surface area contributed by atoms with Crippen molar-refractivity contribution in [3.63, 3.8) is 0 Å². The molecule has 5 rings (SSSR count). The molecule has 1 aliphatic heterocycles. The van der Waals surface area contributed by atoms with Crippen LogP contribution in [-0.2, 0) is 24.9 Å². The Morgan fingerprint density at radius 2 is 1.81 bits per heavy atom. The van der Waals surface area contributed by atoms with Gasteiger partial charge in [0.2, 0.25) is 5.91 Å². The number of nitrogens with one attached hydrogen (secondary N) is 5. The third-order valence-electron chi connectivity index (χ3n) is 7.66. The second kappa shape index (κ2) is 14.5. The van der Waals surface area contributed by atoms with Gasteiger partial charge in [0.1, 0.15) is 11.9 Å². The topological polar surface area (TPSA) is 124 Å². The maximum Gasteiger partial charge on any atom is 0.251 e. The molecular formula is C33H40N8O2. The summed E-state index contributed by atoms with van der Waals surface area (Å²) in [5.41, 5.74) is 2.60. The predicted octanol–water partition coefficient (Wildman–Crippen LogP) is 3.17. The normalized spacial score (nSPS) is 14.0. The van der Waals surface area contributed by atoms with Crippen molar-refractivity contribution in [2.75, 3.05) is 19.6 Å². The molecule has 0 saturated heterocycles. The molecule has 2 heterocycles. The standard InChI is InChI=1S/C33H40N8O2/c1-23(27-10-5-8-25-7-3-4-9-28(25)27)39-32(43)29(11-6-16-36-33-37-17-18-38-33)40-31(42)26-14-12-24(13-15-26)21-34-22-30-35-19-20-41(30)2/h3-5,7-10,12-15,19-20,23,29,34H,6,11,16-18,21-22H2,1-2H3,(H,39,43)(H,40,42)(H2,36,37,38)/t23-,29-/m0/s1. The molecule has 43 heavy (non-hydrogen) atoms. The lowest BCUT2D eigenvalue weighted by Crippen LogP contribution is -2.47. The average molecular weight is 581 g/mol. The third kappa shape index (κ3) is 7.98. The number of hydrogen-bond donors (Lipinski definition) is 5. The second-order valence-electron chi connectivity index (χ2n) is 10.8. The number of benzene rings is 3. The number of amides is 2. The summed E-state index contributed by atoms with van der Waals surface area (Å²) >= 11 is 0. The third-order valence-corrected chi connectivity index (χ3v) is 7.66. The van der Waals surface area contributed by atoms with Crippen molar-refractivity contribution in [2.24, 2.45) is 12.0 Å². The minimum absolute atomic E-state index is 0.208. The molecule has 10 heteroatoms. The van der Waals surface area contributed by atoms with Crippen molar-refractivity contribution in [2.45, 2.75) is 44.9 Å². The van der Waals surface area contributed by atoms with Gasteiger partial charge in [0.15, 0.2) is 5.96 Å². The van der Waals surface area contributed by atoms with Gasteiger partial charge in [-0.1, -0.05) is 54.6 Å². The van der Waals surface area contributed by atoms with Crippen LogP contribution in [0.4, 0.5) is 0 Å². The van der Waals surface area contributed by atoms with Gasteiger partial charge in [0.05, 0.1) is 19.1 Å². The molecule has 0 aliphatic carbocycles. The van der Waals surface area contributed by atoms with Crippen LogP contribution in [0.3, 0.4) is 0 Å². The molecule has 0 radical (unpaired) electrons. The van der Waals surface area contributed by atoms with E-state index in [2.05, 4.69) is 54.8 Å². The number of carbonyl (C=O) groups is 2. The van der Waals surface area contributed by atoms with Crippen molar-refractivity contribution < 1.29 is 9.59 Å². The lowest BCUT2D eigenvalue weighted by Gasteiger charge is -2.23. The molecule has 10 nitrogen and oxygen atoms in total. The largest absolute Gasteiger partial charge is 0.356 e. The molecule has 4 aromatic rings. The molecule has 0 spiro atoms. The van der Waals surface area contributed by atoms with Gasteiger partial charge in [-0.15, -0.1) is 0 Å². The highest BCUT2D eigenvalue weighted by atomic mass is 16.2. The molecule has 0 unspecified atom stereocenters. The zero-order chi connectivity index (χ0) is 30.0. The van der Waals surface area contributed by atoms with E-state index >= 15 is 0 Å². The van der Waals surface area contributed by atoms with E-state index in [0.29, 0.717) is 38.0 Å². The van der Waals surface area contributed by atoms with Crippen LogP contribution in [0.2, 0.25) is 0 Å². The van der Waals surface area contributed by atoms with Gasteiger partial charge in [0.25, 0.3) is 5.91 Å². The lowest BCUT2D eigenvalue weighted by atomic mass is 9.99. The van der Waals surface area contributed by atoms with Crippen molar-refractivity contribution in [1.29, 1.82) is 0 Å². The minimum Gasteiger partial charge on any atom is -0.356 e. The lowest BCUT2D eigenvalue weighted by molar-refractivity contribution is -0.123. The Morgan fingerprint density at radius 3 is 2.58 bits per heavy atom. The zero-order valence-electron chi connectivity index (χ0n) is 24.8. The van der Waals surface area contributed by atoms with Gasteiger partial charge in [0, 0.05) is 44.6 Å². The molecule has 0 bridgehead atoms. The summed E-state index contributed by atoms with van der Waals surface area (Å²) < 4.78 is 1.98. The monoisotopic (exact) mass is 580 g/mol. The van der Waals surface area contributed by atoms with E-state index in [1.165, 1.54) is 0 Å². The van der Waals surface area contributed by atoms with Crippen LogP contribution in [0.25, 0.3) is 10.8 Å². The number of carbonyl (C=O) groups excluding carboxylic acids is 2. The number of imidazole rings is 1. The Kier molecular flexibility index (Phi) is 10.0. The van der Waals surface area contributed by atoms with Crippen LogP contribution < -0.4 is 26.6 Å². The number of fused-ring (bicyclic) bond motifs is 1. The van der Waals surface area contributed by atoms with Gasteiger partial charge in [-0.25, -0.2) is 4.98 Å². The van der Waals surface area contributed by atoms with E-state index in [9.17, 15) is 9.59 Å². The molecule has 0 saturated carbocycles. The van der Waals surface area contributed by atoms with Crippen molar-refractivity contribution in [3.05, 3.63) is 102 Å². The summed E-state index contributed by atoms with van der Waals surface area (Å²) in [6.07, 6.45) is 4.86. The number of aromatic nitrogens is 2.